The Kier molecular flexibility index (Phi) is 3.72. The van der Waals surface area contributed by atoms with E-state index in [0.717, 1.165) is 26.0 Å². The second kappa shape index (κ2) is 5.88. The summed E-state index contributed by atoms with van der Waals surface area (Å²) < 4.78 is 1.20. The van der Waals surface area contributed by atoms with Crippen molar-refractivity contribution in [2.24, 2.45) is 0 Å². The minimum Gasteiger partial charge on any atom is -0.550 e. The minimum atomic E-state index is -1.08. The molecule has 0 radical (unpaired) electrons. The van der Waals surface area contributed by atoms with Gasteiger partial charge in [-0.1, -0.05) is 18.2 Å². The van der Waals surface area contributed by atoms with E-state index in [4.69, 9.17) is 4.98 Å². The van der Waals surface area contributed by atoms with E-state index < -0.39 is 5.97 Å². The monoisotopic (exact) mass is 356 g/mol. The van der Waals surface area contributed by atoms with Gasteiger partial charge in [-0.05, 0) is 29.0 Å². The molecule has 0 bridgehead atoms. The minimum absolute atomic E-state index is 0.103. The SMILES string of the molecule is O=C([O-])Cc1sc(-c2cc3ccccc3s2)nc1-c1ccsc1. The number of thiazole rings is 1. The number of thiophene rings is 2. The summed E-state index contributed by atoms with van der Waals surface area (Å²) in [4.78, 5) is 17.6. The summed E-state index contributed by atoms with van der Waals surface area (Å²) >= 11 is 4.69. The maximum absolute atomic E-state index is 11.1. The molecule has 114 valence electrons. The predicted molar refractivity (Wildman–Crippen MR) is 95.0 cm³/mol. The molecular formula is C17H10NO2S3-. The van der Waals surface area contributed by atoms with Crippen LogP contribution >= 0.6 is 34.0 Å². The molecule has 0 atom stereocenters. The van der Waals surface area contributed by atoms with Crippen LogP contribution < -0.4 is 5.11 Å². The first kappa shape index (κ1) is 14.6. The molecule has 1 aromatic carbocycles. The molecule has 0 fully saturated rings. The topological polar surface area (TPSA) is 53.0 Å². The molecule has 23 heavy (non-hydrogen) atoms. The van der Waals surface area contributed by atoms with Gasteiger partial charge in [0.1, 0.15) is 5.01 Å². The average Bonchev–Trinajstić information content (AvgIpc) is 3.25. The third-order valence-corrected chi connectivity index (χ3v) is 6.46. The average molecular weight is 356 g/mol. The first-order valence-electron chi connectivity index (χ1n) is 6.92. The first-order valence-corrected chi connectivity index (χ1v) is 9.49. The van der Waals surface area contributed by atoms with Gasteiger partial charge in [-0.2, -0.15) is 11.3 Å². The second-order valence-corrected chi connectivity index (χ2v) is 7.95. The van der Waals surface area contributed by atoms with Gasteiger partial charge in [-0.15, -0.1) is 22.7 Å². The number of hydrogen-bond acceptors (Lipinski definition) is 6. The molecule has 0 N–H and O–H groups in total. The number of carboxylic acids is 1. The van der Waals surface area contributed by atoms with Crippen molar-refractivity contribution in [2.75, 3.05) is 0 Å². The zero-order chi connectivity index (χ0) is 15.8. The summed E-state index contributed by atoms with van der Waals surface area (Å²) in [7, 11) is 0. The van der Waals surface area contributed by atoms with Crippen LogP contribution in [0.4, 0.5) is 0 Å². The molecule has 0 amide bonds. The van der Waals surface area contributed by atoms with Crippen molar-refractivity contribution in [1.29, 1.82) is 0 Å². The Balaban J connectivity index is 1.84. The highest BCUT2D eigenvalue weighted by atomic mass is 32.1. The Morgan fingerprint density at radius 1 is 1.17 bits per heavy atom. The predicted octanol–water partition coefficient (Wildman–Crippen LogP) is 4.05. The standard InChI is InChI=1S/C17H11NO2S3/c19-15(20)8-13-16(11-5-6-21-9-11)18-17(23-13)14-7-10-3-1-2-4-12(10)22-14/h1-7,9H,8H2,(H,19,20)/p-1. The zero-order valence-electron chi connectivity index (χ0n) is 11.8. The van der Waals surface area contributed by atoms with Crippen molar-refractivity contribution in [3.05, 3.63) is 52.0 Å². The van der Waals surface area contributed by atoms with Crippen molar-refractivity contribution in [2.45, 2.75) is 6.42 Å². The van der Waals surface area contributed by atoms with E-state index in [1.54, 1.807) is 22.7 Å². The number of carbonyl (C=O) groups is 1. The van der Waals surface area contributed by atoms with Gasteiger partial charge in [0.05, 0.1) is 10.6 Å². The fourth-order valence-corrected chi connectivity index (χ4v) is 5.24. The summed E-state index contributed by atoms with van der Waals surface area (Å²) in [5, 5.41) is 17.1. The number of hydrogen-bond donors (Lipinski definition) is 0. The number of carboxylic acid groups (broad SMARTS) is 1. The fourth-order valence-electron chi connectivity index (χ4n) is 2.42. The van der Waals surface area contributed by atoms with Gasteiger partial charge in [-0.3, -0.25) is 0 Å². The van der Waals surface area contributed by atoms with E-state index in [-0.39, 0.29) is 6.42 Å². The number of benzene rings is 1. The molecule has 0 saturated heterocycles. The number of nitrogens with zero attached hydrogens (tertiary/aromatic N) is 1. The highest BCUT2D eigenvalue weighted by Gasteiger charge is 2.16. The molecule has 0 spiro atoms. The molecule has 0 aliphatic carbocycles. The van der Waals surface area contributed by atoms with E-state index in [9.17, 15) is 9.90 Å². The van der Waals surface area contributed by atoms with Crippen LogP contribution in [-0.2, 0) is 11.2 Å². The van der Waals surface area contributed by atoms with Crippen LogP contribution in [0.1, 0.15) is 4.88 Å². The van der Waals surface area contributed by atoms with Gasteiger partial charge in [0.25, 0.3) is 0 Å². The molecule has 6 heteroatoms. The van der Waals surface area contributed by atoms with Crippen LogP contribution in [0.3, 0.4) is 0 Å². The third-order valence-electron chi connectivity index (χ3n) is 3.43. The molecule has 0 unspecified atom stereocenters. The van der Waals surface area contributed by atoms with Crippen molar-refractivity contribution >= 4 is 50.1 Å². The van der Waals surface area contributed by atoms with Crippen LogP contribution in [-0.4, -0.2) is 11.0 Å². The van der Waals surface area contributed by atoms with Gasteiger partial charge in [-0.25, -0.2) is 4.98 Å². The zero-order valence-corrected chi connectivity index (χ0v) is 14.3. The highest BCUT2D eigenvalue weighted by Crippen LogP contribution is 2.39. The van der Waals surface area contributed by atoms with Crippen molar-refractivity contribution in [1.82, 2.24) is 4.98 Å². The van der Waals surface area contributed by atoms with Crippen LogP contribution in [0.2, 0.25) is 0 Å². The van der Waals surface area contributed by atoms with E-state index >= 15 is 0 Å². The molecule has 3 aromatic heterocycles. The number of rotatable bonds is 4. The number of fused-ring (bicyclic) bond motifs is 1. The molecule has 4 rings (SSSR count). The molecule has 0 aliphatic rings. The van der Waals surface area contributed by atoms with E-state index in [0.29, 0.717) is 0 Å². The summed E-state index contributed by atoms with van der Waals surface area (Å²) in [6.45, 7) is 0. The van der Waals surface area contributed by atoms with Crippen LogP contribution in [0.25, 0.3) is 31.2 Å². The van der Waals surface area contributed by atoms with E-state index in [1.165, 1.54) is 21.4 Å². The third kappa shape index (κ3) is 2.81. The maximum Gasteiger partial charge on any atom is 0.134 e. The Morgan fingerprint density at radius 2 is 2.04 bits per heavy atom. The lowest BCUT2D eigenvalue weighted by Crippen LogP contribution is -2.24. The van der Waals surface area contributed by atoms with Gasteiger partial charge in [0.15, 0.2) is 0 Å². The number of aromatic nitrogens is 1. The normalized spacial score (nSPS) is 11.1. The summed E-state index contributed by atoms with van der Waals surface area (Å²) in [6.07, 6.45) is -0.103. The van der Waals surface area contributed by atoms with Crippen molar-refractivity contribution in [3.8, 4) is 21.1 Å². The van der Waals surface area contributed by atoms with Crippen LogP contribution in [0.15, 0.2) is 47.2 Å². The maximum atomic E-state index is 11.1. The molecule has 4 aromatic rings. The van der Waals surface area contributed by atoms with E-state index in [2.05, 4.69) is 18.2 Å². The fraction of sp³-hybridized carbons (Fsp3) is 0.0588. The molecule has 0 saturated carbocycles. The largest absolute Gasteiger partial charge is 0.550 e. The molecule has 0 aliphatic heterocycles. The Labute approximate surface area is 144 Å². The molecule has 3 heterocycles. The lowest BCUT2D eigenvalue weighted by Gasteiger charge is -2.00. The summed E-state index contributed by atoms with van der Waals surface area (Å²) in [5.41, 5.74) is 1.72. The lowest BCUT2D eigenvalue weighted by atomic mass is 10.2. The van der Waals surface area contributed by atoms with Crippen molar-refractivity contribution in [3.63, 3.8) is 0 Å². The molecular weight excluding hydrogens is 346 g/mol. The van der Waals surface area contributed by atoms with Crippen LogP contribution in [0, 0.1) is 0 Å². The molecule has 3 nitrogen and oxygen atoms in total. The summed E-state index contributed by atoms with van der Waals surface area (Å²) in [5.74, 6) is -1.08. The van der Waals surface area contributed by atoms with Crippen LogP contribution in [0.5, 0.6) is 0 Å². The van der Waals surface area contributed by atoms with Crippen molar-refractivity contribution < 1.29 is 9.90 Å². The van der Waals surface area contributed by atoms with Gasteiger partial charge in [0, 0.05) is 32.9 Å². The Hall–Kier alpha value is -2.02. The number of aliphatic carboxylic acids is 1. The highest BCUT2D eigenvalue weighted by molar-refractivity contribution is 7.26. The van der Waals surface area contributed by atoms with E-state index in [1.807, 2.05) is 29.0 Å². The quantitative estimate of drug-likeness (QED) is 0.554. The van der Waals surface area contributed by atoms with Gasteiger partial charge < -0.3 is 9.90 Å². The number of carbonyl (C=O) groups excluding carboxylic acids is 1. The second-order valence-electron chi connectivity index (χ2n) is 5.00. The lowest BCUT2D eigenvalue weighted by molar-refractivity contribution is -0.304. The van der Waals surface area contributed by atoms with Gasteiger partial charge in [0.2, 0.25) is 0 Å². The first-order chi connectivity index (χ1) is 11.2. The smallest absolute Gasteiger partial charge is 0.134 e. The Bertz CT molecular complexity index is 950. The summed E-state index contributed by atoms with van der Waals surface area (Å²) in [6, 6.07) is 12.3. The van der Waals surface area contributed by atoms with Gasteiger partial charge >= 0.3 is 0 Å². The Morgan fingerprint density at radius 3 is 2.78 bits per heavy atom.